The van der Waals surface area contributed by atoms with Crippen molar-refractivity contribution in [1.82, 2.24) is 14.7 Å². The van der Waals surface area contributed by atoms with E-state index in [9.17, 15) is 18.4 Å². The van der Waals surface area contributed by atoms with Crippen molar-refractivity contribution < 1.29 is 18.4 Å². The standard InChI is InChI=1S/C28H29F2N3O2/c29-25-10-6-23(7-11-25)21-33(27(34)20-22-4-2-1-3-5-22)19-16-31-14-17-32(18-15-31)28(35)24-8-12-26(30)13-9-24/h1-13H,14-21H2. The second-order valence-electron chi connectivity index (χ2n) is 8.74. The van der Waals surface area contributed by atoms with Gasteiger partial charge in [0.2, 0.25) is 5.91 Å². The van der Waals surface area contributed by atoms with Gasteiger partial charge in [0.25, 0.3) is 5.91 Å². The van der Waals surface area contributed by atoms with Crippen molar-refractivity contribution in [1.29, 1.82) is 0 Å². The lowest BCUT2D eigenvalue weighted by molar-refractivity contribution is -0.131. The Balaban J connectivity index is 1.33. The van der Waals surface area contributed by atoms with Crippen molar-refractivity contribution in [3.63, 3.8) is 0 Å². The van der Waals surface area contributed by atoms with Crippen molar-refractivity contribution in [2.45, 2.75) is 13.0 Å². The lowest BCUT2D eigenvalue weighted by atomic mass is 10.1. The first-order valence-corrected chi connectivity index (χ1v) is 11.8. The monoisotopic (exact) mass is 477 g/mol. The zero-order chi connectivity index (χ0) is 24.6. The summed E-state index contributed by atoms with van der Waals surface area (Å²) in [5, 5.41) is 0. The first-order valence-electron chi connectivity index (χ1n) is 11.8. The molecule has 0 bridgehead atoms. The smallest absolute Gasteiger partial charge is 0.253 e. The van der Waals surface area contributed by atoms with E-state index in [1.54, 1.807) is 17.0 Å². The van der Waals surface area contributed by atoms with E-state index in [0.29, 0.717) is 57.8 Å². The van der Waals surface area contributed by atoms with Crippen LogP contribution in [0.25, 0.3) is 0 Å². The van der Waals surface area contributed by atoms with Crippen molar-refractivity contribution in [3.8, 4) is 0 Å². The molecule has 2 amide bonds. The van der Waals surface area contributed by atoms with Gasteiger partial charge in [-0.25, -0.2) is 8.78 Å². The maximum atomic E-state index is 13.3. The average molecular weight is 478 g/mol. The van der Waals surface area contributed by atoms with Crippen LogP contribution in [0.3, 0.4) is 0 Å². The molecule has 1 aliphatic rings. The fourth-order valence-corrected chi connectivity index (χ4v) is 4.20. The van der Waals surface area contributed by atoms with Crippen molar-refractivity contribution in [2.75, 3.05) is 39.3 Å². The molecule has 0 radical (unpaired) electrons. The van der Waals surface area contributed by atoms with E-state index < -0.39 is 0 Å². The van der Waals surface area contributed by atoms with E-state index in [-0.39, 0.29) is 23.4 Å². The van der Waals surface area contributed by atoms with Gasteiger partial charge in [-0.3, -0.25) is 14.5 Å². The molecule has 0 atom stereocenters. The fraction of sp³-hybridized carbons (Fsp3) is 0.286. The minimum atomic E-state index is -0.363. The summed E-state index contributed by atoms with van der Waals surface area (Å²) >= 11 is 0. The number of piperazine rings is 1. The highest BCUT2D eigenvalue weighted by molar-refractivity contribution is 5.94. The number of hydrogen-bond acceptors (Lipinski definition) is 3. The summed E-state index contributed by atoms with van der Waals surface area (Å²) in [5.74, 6) is -0.742. The fourth-order valence-electron chi connectivity index (χ4n) is 4.20. The van der Waals surface area contributed by atoms with Gasteiger partial charge < -0.3 is 9.80 Å². The molecule has 1 fully saturated rings. The third-order valence-electron chi connectivity index (χ3n) is 6.27. The zero-order valence-electron chi connectivity index (χ0n) is 19.6. The Kier molecular flexibility index (Phi) is 8.21. The van der Waals surface area contributed by atoms with Gasteiger partial charge in [-0.1, -0.05) is 42.5 Å². The number of amides is 2. The first kappa shape index (κ1) is 24.5. The molecule has 3 aromatic rings. The largest absolute Gasteiger partial charge is 0.337 e. The summed E-state index contributed by atoms with van der Waals surface area (Å²) in [4.78, 5) is 31.6. The van der Waals surface area contributed by atoms with Crippen LogP contribution in [0.2, 0.25) is 0 Å². The van der Waals surface area contributed by atoms with Crippen LogP contribution >= 0.6 is 0 Å². The maximum absolute atomic E-state index is 13.3. The van der Waals surface area contributed by atoms with Crippen molar-refractivity contribution in [3.05, 3.63) is 107 Å². The molecule has 0 unspecified atom stereocenters. The van der Waals surface area contributed by atoms with Crippen LogP contribution in [-0.2, 0) is 17.8 Å². The normalized spacial score (nSPS) is 14.1. The number of benzene rings is 3. The highest BCUT2D eigenvalue weighted by Crippen LogP contribution is 2.13. The van der Waals surface area contributed by atoms with Gasteiger partial charge in [0.1, 0.15) is 11.6 Å². The van der Waals surface area contributed by atoms with Crippen LogP contribution in [0, 0.1) is 11.6 Å². The van der Waals surface area contributed by atoms with Crippen molar-refractivity contribution in [2.24, 2.45) is 0 Å². The Morgan fingerprint density at radius 3 is 1.97 bits per heavy atom. The second-order valence-corrected chi connectivity index (χ2v) is 8.74. The summed E-state index contributed by atoms with van der Waals surface area (Å²) in [6, 6.07) is 21.5. The minimum absolute atomic E-state index is 0.0191. The predicted molar refractivity (Wildman–Crippen MR) is 131 cm³/mol. The molecular weight excluding hydrogens is 448 g/mol. The first-order chi connectivity index (χ1) is 17.0. The molecule has 0 spiro atoms. The zero-order valence-corrected chi connectivity index (χ0v) is 19.6. The van der Waals surface area contributed by atoms with Crippen LogP contribution in [0.1, 0.15) is 21.5 Å². The lowest BCUT2D eigenvalue weighted by Crippen LogP contribution is -2.50. The molecule has 35 heavy (non-hydrogen) atoms. The van der Waals surface area contributed by atoms with E-state index in [1.165, 1.54) is 36.4 Å². The molecule has 182 valence electrons. The molecule has 0 saturated carbocycles. The number of rotatable bonds is 8. The molecule has 1 heterocycles. The van der Waals surface area contributed by atoms with Crippen LogP contribution in [0.5, 0.6) is 0 Å². The Bertz CT molecular complexity index is 1110. The Hall–Kier alpha value is -3.58. The van der Waals surface area contributed by atoms with Gasteiger partial charge in [0.15, 0.2) is 0 Å². The molecule has 1 aliphatic heterocycles. The molecule has 0 aliphatic carbocycles. The van der Waals surface area contributed by atoms with E-state index >= 15 is 0 Å². The Morgan fingerprint density at radius 1 is 0.743 bits per heavy atom. The highest BCUT2D eigenvalue weighted by atomic mass is 19.1. The molecule has 3 aromatic carbocycles. The number of hydrogen-bond donors (Lipinski definition) is 0. The van der Waals surface area contributed by atoms with E-state index in [2.05, 4.69) is 4.90 Å². The third kappa shape index (κ3) is 6.96. The van der Waals surface area contributed by atoms with Gasteiger partial charge >= 0.3 is 0 Å². The predicted octanol–water partition coefficient (Wildman–Crippen LogP) is 3.99. The van der Waals surface area contributed by atoms with Gasteiger partial charge in [-0.05, 0) is 47.5 Å². The third-order valence-corrected chi connectivity index (χ3v) is 6.27. The summed E-state index contributed by atoms with van der Waals surface area (Å²) in [6.45, 7) is 4.18. The number of carbonyl (C=O) groups is 2. The van der Waals surface area contributed by atoms with Gasteiger partial charge in [-0.15, -0.1) is 0 Å². The Morgan fingerprint density at radius 2 is 1.34 bits per heavy atom. The summed E-state index contributed by atoms with van der Waals surface area (Å²) < 4.78 is 26.5. The number of halogens is 2. The Labute approximate surface area is 204 Å². The molecule has 4 rings (SSSR count). The average Bonchev–Trinajstić information content (AvgIpc) is 2.88. The SMILES string of the molecule is O=C(Cc1ccccc1)N(CCN1CCN(C(=O)c2ccc(F)cc2)CC1)Cc1ccc(F)cc1. The van der Waals surface area contributed by atoms with Gasteiger partial charge in [0.05, 0.1) is 6.42 Å². The quantitative estimate of drug-likeness (QED) is 0.493. The molecule has 0 N–H and O–H groups in total. The lowest BCUT2D eigenvalue weighted by Gasteiger charge is -2.36. The summed E-state index contributed by atoms with van der Waals surface area (Å²) in [5.41, 5.74) is 2.31. The van der Waals surface area contributed by atoms with Crippen LogP contribution in [0.4, 0.5) is 8.78 Å². The number of carbonyl (C=O) groups excluding carboxylic acids is 2. The highest BCUT2D eigenvalue weighted by Gasteiger charge is 2.23. The van der Waals surface area contributed by atoms with E-state index in [4.69, 9.17) is 0 Å². The summed E-state index contributed by atoms with van der Waals surface area (Å²) in [6.07, 6.45) is 0.308. The molecule has 5 nitrogen and oxygen atoms in total. The van der Waals surface area contributed by atoms with E-state index in [0.717, 1.165) is 11.1 Å². The minimum Gasteiger partial charge on any atom is -0.337 e. The van der Waals surface area contributed by atoms with Crippen LogP contribution < -0.4 is 0 Å². The molecule has 1 saturated heterocycles. The number of nitrogens with zero attached hydrogens (tertiary/aromatic N) is 3. The molecular formula is C28H29F2N3O2. The molecule has 7 heteroatoms. The van der Waals surface area contributed by atoms with Crippen LogP contribution in [0.15, 0.2) is 78.9 Å². The van der Waals surface area contributed by atoms with Gasteiger partial charge in [-0.2, -0.15) is 0 Å². The maximum Gasteiger partial charge on any atom is 0.253 e. The summed E-state index contributed by atoms with van der Waals surface area (Å²) in [7, 11) is 0. The van der Waals surface area contributed by atoms with Crippen LogP contribution in [-0.4, -0.2) is 65.8 Å². The molecule has 0 aromatic heterocycles. The van der Waals surface area contributed by atoms with Crippen molar-refractivity contribution >= 4 is 11.8 Å². The second kappa shape index (κ2) is 11.7. The van der Waals surface area contributed by atoms with Gasteiger partial charge in [0, 0.05) is 51.4 Å². The topological polar surface area (TPSA) is 43.9 Å². The van der Waals surface area contributed by atoms with E-state index in [1.807, 2.05) is 35.2 Å².